The van der Waals surface area contributed by atoms with E-state index in [1.807, 2.05) is 49.4 Å². The molecule has 2 aliphatic rings. The molecule has 4 rings (SSSR count). The minimum Gasteiger partial charge on any atom is -0.493 e. The number of hydrogen-bond acceptors (Lipinski definition) is 6. The number of aryl methyl sites for hydroxylation is 1. The molecule has 6 heteroatoms. The summed E-state index contributed by atoms with van der Waals surface area (Å²) in [5.74, 6) is 1.87. The van der Waals surface area contributed by atoms with Crippen LogP contribution in [0.25, 0.3) is 0 Å². The second-order valence-electron chi connectivity index (χ2n) is 6.36. The highest BCUT2D eigenvalue weighted by Crippen LogP contribution is 2.38. The van der Waals surface area contributed by atoms with Gasteiger partial charge in [0.2, 0.25) is 5.90 Å². The molecule has 0 fully saturated rings. The molecule has 0 saturated heterocycles. The Hall–Kier alpha value is -3.02. The lowest BCUT2D eigenvalue weighted by molar-refractivity contribution is -0.0277. The van der Waals surface area contributed by atoms with Crippen LogP contribution in [0.1, 0.15) is 23.1 Å². The van der Waals surface area contributed by atoms with Crippen molar-refractivity contribution in [2.45, 2.75) is 19.1 Å². The maximum atomic E-state index is 5.80. The summed E-state index contributed by atoms with van der Waals surface area (Å²) >= 11 is 0. The third kappa shape index (κ3) is 2.77. The van der Waals surface area contributed by atoms with E-state index in [-0.39, 0.29) is 0 Å². The average molecular weight is 352 g/mol. The van der Waals surface area contributed by atoms with E-state index in [4.69, 9.17) is 19.0 Å². The van der Waals surface area contributed by atoms with Crippen LogP contribution in [0.15, 0.2) is 52.6 Å². The number of nitrogens with zero attached hydrogens (tertiary/aromatic N) is 2. The van der Waals surface area contributed by atoms with Crippen LogP contribution in [0.5, 0.6) is 11.5 Å². The summed E-state index contributed by atoms with van der Waals surface area (Å²) in [6.07, 6.45) is 0.506. The van der Waals surface area contributed by atoms with Crippen molar-refractivity contribution in [1.29, 1.82) is 0 Å². The molecule has 2 aromatic carbocycles. The number of benzene rings is 2. The molecule has 0 aromatic heterocycles. The molecule has 0 amide bonds. The van der Waals surface area contributed by atoms with Crippen LogP contribution >= 0.6 is 0 Å². The highest BCUT2D eigenvalue weighted by molar-refractivity contribution is 6.05. The molecule has 0 bridgehead atoms. The van der Waals surface area contributed by atoms with Crippen LogP contribution in [-0.2, 0) is 9.57 Å². The molecule has 6 nitrogen and oxygen atoms in total. The van der Waals surface area contributed by atoms with Gasteiger partial charge < -0.3 is 19.0 Å². The Morgan fingerprint density at radius 3 is 2.58 bits per heavy atom. The first-order chi connectivity index (χ1) is 12.6. The lowest BCUT2D eigenvalue weighted by Gasteiger charge is -2.14. The van der Waals surface area contributed by atoms with Gasteiger partial charge in [-0.05, 0) is 31.2 Å². The van der Waals surface area contributed by atoms with E-state index in [0.29, 0.717) is 30.4 Å². The first-order valence-corrected chi connectivity index (χ1v) is 8.40. The Labute approximate surface area is 152 Å². The van der Waals surface area contributed by atoms with Crippen molar-refractivity contribution in [3.05, 3.63) is 59.2 Å². The van der Waals surface area contributed by atoms with Crippen LogP contribution in [0, 0.1) is 6.92 Å². The quantitative estimate of drug-likeness (QED) is 0.847. The van der Waals surface area contributed by atoms with Crippen molar-refractivity contribution in [2.75, 3.05) is 20.8 Å². The molecule has 0 N–H and O–H groups in total. The minimum absolute atomic E-state index is 0.329. The van der Waals surface area contributed by atoms with Crippen LogP contribution in [0.4, 0.5) is 0 Å². The molecular formula is C20H20N2O4. The van der Waals surface area contributed by atoms with Crippen molar-refractivity contribution >= 4 is 11.6 Å². The first kappa shape index (κ1) is 16.4. The Balaban J connectivity index is 1.60. The van der Waals surface area contributed by atoms with Crippen LogP contribution in [-0.4, -0.2) is 38.2 Å². The predicted molar refractivity (Wildman–Crippen MR) is 98.2 cm³/mol. The van der Waals surface area contributed by atoms with E-state index in [1.165, 1.54) is 5.56 Å². The van der Waals surface area contributed by atoms with Crippen molar-refractivity contribution in [3.63, 3.8) is 0 Å². The number of oxime groups is 1. The third-order valence-electron chi connectivity index (χ3n) is 4.52. The van der Waals surface area contributed by atoms with E-state index in [0.717, 1.165) is 16.8 Å². The Kier molecular flexibility index (Phi) is 4.03. The Morgan fingerprint density at radius 1 is 1.04 bits per heavy atom. The number of para-hydroxylation sites is 1. The fraction of sp³-hybridized carbons (Fsp3) is 0.300. The van der Waals surface area contributed by atoms with E-state index >= 15 is 0 Å². The molecule has 0 aliphatic carbocycles. The van der Waals surface area contributed by atoms with Crippen LogP contribution < -0.4 is 9.47 Å². The molecular weight excluding hydrogens is 332 g/mol. The van der Waals surface area contributed by atoms with Gasteiger partial charge in [0.25, 0.3) is 5.72 Å². The van der Waals surface area contributed by atoms with Crippen LogP contribution in [0.2, 0.25) is 0 Å². The first-order valence-electron chi connectivity index (χ1n) is 8.40. The van der Waals surface area contributed by atoms with Crippen LogP contribution in [0.3, 0.4) is 0 Å². The molecule has 0 radical (unpaired) electrons. The van der Waals surface area contributed by atoms with Gasteiger partial charge in [-0.15, -0.1) is 0 Å². The number of hydrogen-bond donors (Lipinski definition) is 0. The summed E-state index contributed by atoms with van der Waals surface area (Å²) < 4.78 is 16.7. The highest BCUT2D eigenvalue weighted by atomic mass is 16.7. The number of ether oxygens (including phenoxy) is 3. The molecule has 134 valence electrons. The van der Waals surface area contributed by atoms with Crippen molar-refractivity contribution < 1.29 is 19.0 Å². The summed E-state index contributed by atoms with van der Waals surface area (Å²) in [4.78, 5) is 10.4. The molecule has 2 heterocycles. The smallest absolute Gasteiger partial charge is 0.269 e. The zero-order valence-corrected chi connectivity index (χ0v) is 15.0. The Morgan fingerprint density at radius 2 is 1.85 bits per heavy atom. The van der Waals surface area contributed by atoms with Gasteiger partial charge in [0.05, 0.1) is 26.4 Å². The molecule has 1 spiro atoms. The van der Waals surface area contributed by atoms with Gasteiger partial charge in [0.1, 0.15) is 0 Å². The predicted octanol–water partition coefficient (Wildman–Crippen LogP) is 3.31. The fourth-order valence-electron chi connectivity index (χ4n) is 3.14. The van der Waals surface area contributed by atoms with Gasteiger partial charge in [-0.3, -0.25) is 0 Å². The van der Waals surface area contributed by atoms with E-state index in [2.05, 4.69) is 10.1 Å². The van der Waals surface area contributed by atoms with Crippen molar-refractivity contribution in [3.8, 4) is 11.5 Å². The average Bonchev–Trinajstić information content (AvgIpc) is 3.28. The minimum atomic E-state index is -0.816. The SMILES string of the molecule is COc1cccc(C2=NOC3(COC(c4ccc(C)cc4)=N3)C2)c1OC. The van der Waals surface area contributed by atoms with E-state index in [9.17, 15) is 0 Å². The zero-order valence-electron chi connectivity index (χ0n) is 15.0. The lowest BCUT2D eigenvalue weighted by atomic mass is 10.0. The van der Waals surface area contributed by atoms with Crippen molar-refractivity contribution in [1.82, 2.24) is 0 Å². The standard InChI is InChI=1S/C20H20N2O4/c1-13-7-9-14(10-8-13)19-21-20(12-25-19)11-16(22-26-20)15-5-4-6-17(23-2)18(15)24-3/h4-10H,11-12H2,1-3H3. The molecule has 1 atom stereocenters. The zero-order chi connectivity index (χ0) is 18.1. The third-order valence-corrected chi connectivity index (χ3v) is 4.52. The Bertz CT molecular complexity index is 889. The summed E-state index contributed by atoms with van der Waals surface area (Å²) in [5.41, 5.74) is 2.91. The maximum absolute atomic E-state index is 5.80. The fourth-order valence-corrected chi connectivity index (χ4v) is 3.14. The van der Waals surface area contributed by atoms with Gasteiger partial charge in [-0.2, -0.15) is 4.99 Å². The molecule has 2 aromatic rings. The van der Waals surface area contributed by atoms with Gasteiger partial charge >= 0.3 is 0 Å². The number of aliphatic imine (C=N–C) groups is 1. The number of rotatable bonds is 4. The highest BCUT2D eigenvalue weighted by Gasteiger charge is 2.45. The molecule has 1 unspecified atom stereocenters. The summed E-state index contributed by atoms with van der Waals surface area (Å²) in [5, 5.41) is 4.26. The van der Waals surface area contributed by atoms with Gasteiger partial charge in [-0.1, -0.05) is 28.9 Å². The van der Waals surface area contributed by atoms with Crippen molar-refractivity contribution in [2.24, 2.45) is 10.1 Å². The normalized spacial score (nSPS) is 21.0. The largest absolute Gasteiger partial charge is 0.493 e. The summed E-state index contributed by atoms with van der Waals surface area (Å²) in [6.45, 7) is 2.37. The van der Waals surface area contributed by atoms with E-state index < -0.39 is 5.72 Å². The molecule has 26 heavy (non-hydrogen) atoms. The van der Waals surface area contributed by atoms with Gasteiger partial charge in [0, 0.05) is 11.1 Å². The monoisotopic (exact) mass is 352 g/mol. The molecule has 0 saturated carbocycles. The second kappa shape index (κ2) is 6.37. The number of methoxy groups -OCH3 is 2. The van der Waals surface area contributed by atoms with Gasteiger partial charge in [0.15, 0.2) is 18.1 Å². The topological polar surface area (TPSA) is 61.6 Å². The maximum Gasteiger partial charge on any atom is 0.269 e. The van der Waals surface area contributed by atoms with E-state index in [1.54, 1.807) is 14.2 Å². The lowest BCUT2D eigenvalue weighted by Crippen LogP contribution is -2.28. The summed E-state index contributed by atoms with van der Waals surface area (Å²) in [7, 11) is 3.22. The van der Waals surface area contributed by atoms with Gasteiger partial charge in [-0.25, -0.2) is 0 Å². The molecule has 2 aliphatic heterocycles. The second-order valence-corrected chi connectivity index (χ2v) is 6.36. The summed E-state index contributed by atoms with van der Waals surface area (Å²) in [6, 6.07) is 13.7.